The third-order valence-electron chi connectivity index (χ3n) is 5.08. The summed E-state index contributed by atoms with van der Waals surface area (Å²) in [5, 5.41) is 8.48. The van der Waals surface area contributed by atoms with Crippen LogP contribution in [-0.4, -0.2) is 30.5 Å². The molecule has 0 unspecified atom stereocenters. The number of amides is 3. The predicted molar refractivity (Wildman–Crippen MR) is 132 cm³/mol. The van der Waals surface area contributed by atoms with Gasteiger partial charge in [0.15, 0.2) is 6.61 Å². The summed E-state index contributed by atoms with van der Waals surface area (Å²) in [6.07, 6.45) is -3.43. The zero-order valence-electron chi connectivity index (χ0n) is 19.8. The van der Waals surface area contributed by atoms with Gasteiger partial charge in [-0.1, -0.05) is 42.5 Å². The number of ether oxygens (including phenoxy) is 1. The molecule has 0 fully saturated rings. The highest BCUT2D eigenvalue weighted by Gasteiger charge is 2.33. The second kappa shape index (κ2) is 11.8. The molecule has 0 saturated heterocycles. The Bertz CT molecular complexity index is 1320. The van der Waals surface area contributed by atoms with Crippen molar-refractivity contribution in [3.05, 3.63) is 89.0 Å². The number of para-hydroxylation sites is 3. The first-order valence-corrected chi connectivity index (χ1v) is 10.9. The van der Waals surface area contributed by atoms with Crippen LogP contribution in [0.3, 0.4) is 0 Å². The second-order valence-corrected chi connectivity index (χ2v) is 7.84. The zero-order valence-corrected chi connectivity index (χ0v) is 19.8. The van der Waals surface area contributed by atoms with E-state index in [9.17, 15) is 27.6 Å². The quantitative estimate of drug-likeness (QED) is 0.247. The maximum Gasteiger partial charge on any atom is 0.418 e. The first-order valence-electron chi connectivity index (χ1n) is 10.9. The van der Waals surface area contributed by atoms with Crippen LogP contribution in [0.15, 0.2) is 71.8 Å². The Morgan fingerprint density at radius 1 is 0.865 bits per heavy atom. The smallest absolute Gasteiger partial charge is 0.418 e. The molecule has 0 aliphatic carbocycles. The standard InChI is InChI=1S/C26H23F3N4O4/c1-16-8-7-9-17(2)23(16)32-24(35)25(36)33-30-14-18-10-3-6-13-21(18)37-15-22(34)31-20-12-5-4-11-19(20)26(27,28)29/h3-14H,15H2,1-2H3,(H,31,34)(H,32,35)(H,33,36)/b30-14-. The van der Waals surface area contributed by atoms with Gasteiger partial charge >= 0.3 is 18.0 Å². The molecule has 0 aliphatic rings. The number of hydrogen-bond acceptors (Lipinski definition) is 5. The number of benzene rings is 3. The van der Waals surface area contributed by atoms with Crippen LogP contribution < -0.4 is 20.8 Å². The van der Waals surface area contributed by atoms with Gasteiger partial charge in [0.2, 0.25) is 0 Å². The monoisotopic (exact) mass is 512 g/mol. The molecule has 0 heterocycles. The van der Waals surface area contributed by atoms with E-state index < -0.39 is 36.1 Å². The minimum atomic E-state index is -4.63. The zero-order chi connectivity index (χ0) is 27.0. The normalized spacial score (nSPS) is 11.2. The van der Waals surface area contributed by atoms with Crippen LogP contribution in [-0.2, 0) is 20.6 Å². The van der Waals surface area contributed by atoms with Crippen LogP contribution in [0, 0.1) is 13.8 Å². The van der Waals surface area contributed by atoms with E-state index in [4.69, 9.17) is 4.74 Å². The third-order valence-corrected chi connectivity index (χ3v) is 5.08. The van der Waals surface area contributed by atoms with Gasteiger partial charge in [0.05, 0.1) is 17.5 Å². The highest BCUT2D eigenvalue weighted by molar-refractivity contribution is 6.39. The van der Waals surface area contributed by atoms with E-state index in [-0.39, 0.29) is 11.4 Å². The van der Waals surface area contributed by atoms with Crippen LogP contribution in [0.1, 0.15) is 22.3 Å². The molecule has 3 aromatic carbocycles. The van der Waals surface area contributed by atoms with Crippen molar-refractivity contribution in [3.8, 4) is 5.75 Å². The molecule has 3 amide bonds. The fourth-order valence-corrected chi connectivity index (χ4v) is 3.28. The molecule has 0 aromatic heterocycles. The number of hydrazone groups is 1. The average Bonchev–Trinajstić information content (AvgIpc) is 2.85. The van der Waals surface area contributed by atoms with Gasteiger partial charge in [0.1, 0.15) is 5.75 Å². The number of hydrogen-bond donors (Lipinski definition) is 3. The van der Waals surface area contributed by atoms with Crippen molar-refractivity contribution >= 4 is 35.3 Å². The first kappa shape index (κ1) is 26.9. The van der Waals surface area contributed by atoms with Crippen molar-refractivity contribution < 1.29 is 32.3 Å². The van der Waals surface area contributed by atoms with Crippen molar-refractivity contribution in [2.75, 3.05) is 17.2 Å². The summed E-state index contributed by atoms with van der Waals surface area (Å²) in [6.45, 7) is 3.01. The summed E-state index contributed by atoms with van der Waals surface area (Å²) < 4.78 is 44.8. The Morgan fingerprint density at radius 3 is 2.22 bits per heavy atom. The summed E-state index contributed by atoms with van der Waals surface area (Å²) in [7, 11) is 0. The van der Waals surface area contributed by atoms with E-state index in [0.29, 0.717) is 11.3 Å². The Kier molecular flexibility index (Phi) is 8.62. The molecule has 3 N–H and O–H groups in total. The SMILES string of the molecule is Cc1cccc(C)c1NC(=O)C(=O)N/N=C\c1ccccc1OCC(=O)Nc1ccccc1C(F)(F)F. The van der Waals surface area contributed by atoms with Crippen LogP contribution in [0.4, 0.5) is 24.5 Å². The van der Waals surface area contributed by atoms with Gasteiger partial charge < -0.3 is 15.4 Å². The van der Waals surface area contributed by atoms with Gasteiger partial charge in [0, 0.05) is 11.3 Å². The number of rotatable bonds is 7. The average molecular weight is 512 g/mol. The van der Waals surface area contributed by atoms with Gasteiger partial charge in [-0.3, -0.25) is 14.4 Å². The summed E-state index contributed by atoms with van der Waals surface area (Å²) >= 11 is 0. The lowest BCUT2D eigenvalue weighted by Gasteiger charge is -2.14. The predicted octanol–water partition coefficient (Wildman–Crippen LogP) is 4.43. The molecular formula is C26H23F3N4O4. The lowest BCUT2D eigenvalue weighted by molar-refractivity contribution is -0.137. The Balaban J connectivity index is 1.58. The fraction of sp³-hybridized carbons (Fsp3) is 0.154. The number of anilines is 2. The fourth-order valence-electron chi connectivity index (χ4n) is 3.28. The Labute approximate surface area is 210 Å². The van der Waals surface area contributed by atoms with E-state index in [1.807, 2.05) is 6.07 Å². The number of aryl methyl sites for hydroxylation is 2. The first-order chi connectivity index (χ1) is 17.6. The number of alkyl halides is 3. The summed E-state index contributed by atoms with van der Waals surface area (Å²) in [5.74, 6) is -2.53. The second-order valence-electron chi connectivity index (χ2n) is 7.84. The van der Waals surface area contributed by atoms with Crippen molar-refractivity contribution in [2.45, 2.75) is 20.0 Å². The van der Waals surface area contributed by atoms with Crippen LogP contribution in [0.5, 0.6) is 5.75 Å². The molecule has 0 radical (unpaired) electrons. The molecule has 3 aromatic rings. The number of carbonyl (C=O) groups is 3. The van der Waals surface area contributed by atoms with Crippen LogP contribution in [0.2, 0.25) is 0 Å². The minimum Gasteiger partial charge on any atom is -0.483 e. The van der Waals surface area contributed by atoms with Gasteiger partial charge in [-0.25, -0.2) is 5.43 Å². The summed E-state index contributed by atoms with van der Waals surface area (Å²) in [5.41, 5.74) is 3.21. The molecule has 192 valence electrons. The summed E-state index contributed by atoms with van der Waals surface area (Å²) in [4.78, 5) is 36.5. The Morgan fingerprint density at radius 2 is 1.51 bits per heavy atom. The molecule has 11 heteroatoms. The minimum absolute atomic E-state index is 0.180. The van der Waals surface area contributed by atoms with Crippen molar-refractivity contribution in [2.24, 2.45) is 5.10 Å². The van der Waals surface area contributed by atoms with Crippen molar-refractivity contribution in [3.63, 3.8) is 0 Å². The number of halogens is 3. The maximum absolute atomic E-state index is 13.1. The third kappa shape index (κ3) is 7.40. The molecule has 0 aliphatic heterocycles. The van der Waals surface area contributed by atoms with E-state index in [0.717, 1.165) is 23.3 Å². The molecule has 0 saturated carbocycles. The molecule has 37 heavy (non-hydrogen) atoms. The van der Waals surface area contributed by atoms with E-state index >= 15 is 0 Å². The van der Waals surface area contributed by atoms with Crippen LogP contribution in [0.25, 0.3) is 0 Å². The molecule has 0 atom stereocenters. The summed E-state index contributed by atoms with van der Waals surface area (Å²) in [6, 6.07) is 16.3. The largest absolute Gasteiger partial charge is 0.483 e. The highest BCUT2D eigenvalue weighted by Crippen LogP contribution is 2.34. The van der Waals surface area contributed by atoms with Gasteiger partial charge in [-0.2, -0.15) is 18.3 Å². The molecule has 0 spiro atoms. The van der Waals surface area contributed by atoms with Crippen molar-refractivity contribution in [1.29, 1.82) is 0 Å². The van der Waals surface area contributed by atoms with E-state index in [1.165, 1.54) is 24.4 Å². The van der Waals surface area contributed by atoms with E-state index in [2.05, 4.69) is 21.2 Å². The topological polar surface area (TPSA) is 109 Å². The Hall–Kier alpha value is -4.67. The number of carbonyl (C=O) groups excluding carboxylic acids is 3. The lowest BCUT2D eigenvalue weighted by Crippen LogP contribution is -2.32. The van der Waals surface area contributed by atoms with Gasteiger partial charge in [-0.05, 0) is 49.2 Å². The lowest BCUT2D eigenvalue weighted by atomic mass is 10.1. The number of nitrogens with zero attached hydrogens (tertiary/aromatic N) is 1. The molecular weight excluding hydrogens is 489 g/mol. The van der Waals surface area contributed by atoms with E-state index in [1.54, 1.807) is 44.2 Å². The molecule has 8 nitrogen and oxygen atoms in total. The van der Waals surface area contributed by atoms with Gasteiger partial charge in [0.25, 0.3) is 5.91 Å². The van der Waals surface area contributed by atoms with Gasteiger partial charge in [-0.15, -0.1) is 0 Å². The maximum atomic E-state index is 13.1. The van der Waals surface area contributed by atoms with Crippen molar-refractivity contribution in [1.82, 2.24) is 5.43 Å². The molecule has 3 rings (SSSR count). The highest BCUT2D eigenvalue weighted by atomic mass is 19.4. The number of nitrogens with one attached hydrogen (secondary N) is 3. The van der Waals surface area contributed by atoms with Crippen LogP contribution >= 0.6 is 0 Å². The molecule has 0 bridgehead atoms.